The van der Waals surface area contributed by atoms with Crippen molar-refractivity contribution in [3.8, 4) is 0 Å². The van der Waals surface area contributed by atoms with Gasteiger partial charge in [-0.15, -0.1) is 0 Å². The molecule has 0 heterocycles. The van der Waals surface area contributed by atoms with Crippen LogP contribution in [0.1, 0.15) is 6.42 Å². The first-order valence-corrected chi connectivity index (χ1v) is 8.87. The van der Waals surface area contributed by atoms with Crippen LogP contribution < -0.4 is 37.7 Å². The van der Waals surface area contributed by atoms with Crippen molar-refractivity contribution >= 4 is 20.2 Å². The van der Waals surface area contributed by atoms with Crippen molar-refractivity contribution in [3.63, 3.8) is 0 Å². The molecule has 33 heavy (non-hydrogen) atoms. The molecule has 0 N–H and O–H groups in total. The Labute approximate surface area is 197 Å². The Morgan fingerprint density at radius 2 is 0.879 bits per heavy atom. The average Bonchev–Trinajstić information content (AvgIpc) is 2.40. The van der Waals surface area contributed by atoms with Gasteiger partial charge in [0.2, 0.25) is 0 Å². The summed E-state index contributed by atoms with van der Waals surface area (Å²) in [6, 6.07) is 0. The molecule has 1 unspecified atom stereocenters. The molecule has 0 aliphatic rings. The van der Waals surface area contributed by atoms with Crippen LogP contribution in [0, 0.1) is 0 Å². The van der Waals surface area contributed by atoms with Crippen LogP contribution in [0.4, 0.5) is 65.9 Å². The number of hydrogen-bond acceptors (Lipinski definition) is 6. The number of halogens is 15. The molecule has 0 aromatic rings. The summed E-state index contributed by atoms with van der Waals surface area (Å²) in [6.45, 7) is 0. The maximum atomic E-state index is 12.2. The molecule has 0 saturated carbocycles. The third-order valence-electron chi connectivity index (χ3n) is 2.47. The fourth-order valence-corrected chi connectivity index (χ4v) is 1.93. The summed E-state index contributed by atoms with van der Waals surface area (Å²) in [6.07, 6.45) is -21.0. The van der Waals surface area contributed by atoms with Crippen LogP contribution >= 0.6 is 0 Å². The topological polar surface area (TPSA) is 114 Å². The first kappa shape index (κ1) is 40.1. The number of hydrogen-bond donors (Lipinski definition) is 0. The van der Waals surface area contributed by atoms with Gasteiger partial charge in [-0.05, 0) is 0 Å². The van der Waals surface area contributed by atoms with E-state index in [2.05, 4.69) is 0 Å². The Balaban J connectivity index is -0.000000241. The van der Waals surface area contributed by atoms with Gasteiger partial charge < -0.3 is 9.11 Å². The van der Waals surface area contributed by atoms with Gasteiger partial charge in [-0.3, -0.25) is 0 Å². The summed E-state index contributed by atoms with van der Waals surface area (Å²) in [5.74, 6) is -12.7. The largest absolute Gasteiger partial charge is 1.00 e. The van der Waals surface area contributed by atoms with E-state index in [1.165, 1.54) is 0 Å². The molecule has 0 amide bonds. The predicted molar refractivity (Wildman–Crippen MR) is 60.8 cm³/mol. The molecule has 25 heteroatoms. The van der Waals surface area contributed by atoms with Gasteiger partial charge in [0.15, 0.2) is 20.2 Å². The Morgan fingerprint density at radius 3 is 1.06 bits per heavy atom. The zero-order chi connectivity index (χ0) is 26.3. The van der Waals surface area contributed by atoms with E-state index < -0.39 is 67.5 Å². The molecule has 0 saturated heterocycles. The molecule has 1 atom stereocenters. The third kappa shape index (κ3) is 9.86. The molecule has 0 bridgehead atoms. The van der Waals surface area contributed by atoms with Crippen molar-refractivity contribution in [1.82, 2.24) is 0 Å². The van der Waals surface area contributed by atoms with Crippen molar-refractivity contribution in [2.45, 2.75) is 47.3 Å². The second kappa shape index (κ2) is 11.3. The van der Waals surface area contributed by atoms with Crippen LogP contribution in [0.5, 0.6) is 0 Å². The number of rotatable bonds is 6. The van der Waals surface area contributed by atoms with Crippen molar-refractivity contribution in [2.24, 2.45) is 0 Å². The van der Waals surface area contributed by atoms with Gasteiger partial charge in [0, 0.05) is 0 Å². The molecule has 0 rings (SSSR count). The van der Waals surface area contributed by atoms with Gasteiger partial charge in [-0.25, -0.2) is 21.2 Å². The first-order chi connectivity index (χ1) is 12.9. The molecule has 0 aromatic carbocycles. The fraction of sp³-hybridized carbons (Fsp3) is 1.00. The zero-order valence-corrected chi connectivity index (χ0v) is 16.9. The Hall–Kier alpha value is -0.0352. The molecule has 0 aliphatic carbocycles. The standard InChI is InChI=1S/C4H2F8O3S.C4H3F7O3S.2Li/c5-1(3(8,9)10)2(6,7)4(11,12)16(13,14)15;5-2(6,1-3(7,8)9)4(10,11)15(12,13)14;;/h1H,(H,13,14,15);1H2,(H,12,13,14);;/q;;2*+1/p-2. The van der Waals surface area contributed by atoms with E-state index in [0.29, 0.717) is 0 Å². The summed E-state index contributed by atoms with van der Waals surface area (Å²) in [5, 5.41) is -13.0. The van der Waals surface area contributed by atoms with E-state index in [9.17, 15) is 91.8 Å². The SMILES string of the molecule is O=S(=O)([O-])C(F)(F)C(F)(F)C(F)C(F)(F)F.O=S(=O)([O-])C(F)(F)C(F)(F)CC(F)(F)F.[Li+].[Li+]. The van der Waals surface area contributed by atoms with Crippen molar-refractivity contribution in [3.05, 3.63) is 0 Å². The van der Waals surface area contributed by atoms with Gasteiger partial charge in [-0.2, -0.15) is 61.5 Å². The average molecular weight is 558 g/mol. The molecular formula is C8H3F15Li2O6S2. The van der Waals surface area contributed by atoms with Crippen LogP contribution in [-0.4, -0.2) is 66.8 Å². The third-order valence-corrected chi connectivity index (χ3v) is 4.30. The molecular weight excluding hydrogens is 555 g/mol. The van der Waals surface area contributed by atoms with Crippen LogP contribution in [0.2, 0.25) is 0 Å². The normalized spacial score (nSPS) is 15.4. The molecule has 0 radical (unpaired) electrons. The van der Waals surface area contributed by atoms with E-state index in [4.69, 9.17) is 0 Å². The summed E-state index contributed by atoms with van der Waals surface area (Å²) in [7, 11) is -14.0. The Morgan fingerprint density at radius 1 is 0.606 bits per heavy atom. The minimum Gasteiger partial charge on any atom is -0.743 e. The fourth-order valence-electron chi connectivity index (χ4n) is 1.06. The Bertz CT molecular complexity index is 835. The van der Waals surface area contributed by atoms with Crippen LogP contribution in [-0.2, 0) is 20.2 Å². The van der Waals surface area contributed by atoms with Gasteiger partial charge in [0.25, 0.3) is 6.17 Å². The van der Waals surface area contributed by atoms with Gasteiger partial charge in [0.1, 0.15) is 6.42 Å². The van der Waals surface area contributed by atoms with E-state index in [1.54, 1.807) is 0 Å². The van der Waals surface area contributed by atoms with Gasteiger partial charge in [0.05, 0.1) is 0 Å². The quantitative estimate of drug-likeness (QED) is 0.201. The van der Waals surface area contributed by atoms with Crippen molar-refractivity contribution < 1.29 is 130 Å². The molecule has 0 spiro atoms. The summed E-state index contributed by atoms with van der Waals surface area (Å²) in [4.78, 5) is 0. The van der Waals surface area contributed by atoms with Gasteiger partial charge >= 0.3 is 72.4 Å². The number of alkyl halides is 15. The van der Waals surface area contributed by atoms with Crippen molar-refractivity contribution in [2.75, 3.05) is 0 Å². The smallest absolute Gasteiger partial charge is 0.743 e. The molecule has 0 fully saturated rings. The van der Waals surface area contributed by atoms with Crippen LogP contribution in [0.25, 0.3) is 0 Å². The van der Waals surface area contributed by atoms with E-state index in [-0.39, 0.29) is 37.7 Å². The molecule has 6 nitrogen and oxygen atoms in total. The van der Waals surface area contributed by atoms with E-state index >= 15 is 0 Å². The van der Waals surface area contributed by atoms with E-state index in [0.717, 1.165) is 0 Å². The summed E-state index contributed by atoms with van der Waals surface area (Å²) < 4.78 is 235. The second-order valence-corrected chi connectivity index (χ2v) is 7.81. The predicted octanol–water partition coefficient (Wildman–Crippen LogP) is -2.62. The molecule has 0 aromatic heterocycles. The summed E-state index contributed by atoms with van der Waals surface area (Å²) in [5.41, 5.74) is 0. The molecule has 190 valence electrons. The maximum absolute atomic E-state index is 12.2. The Kier molecular flexibility index (Phi) is 13.8. The zero-order valence-electron chi connectivity index (χ0n) is 15.2. The van der Waals surface area contributed by atoms with Crippen LogP contribution in [0.3, 0.4) is 0 Å². The second-order valence-electron chi connectivity index (χ2n) is 4.97. The van der Waals surface area contributed by atoms with Gasteiger partial charge in [-0.1, -0.05) is 0 Å². The van der Waals surface area contributed by atoms with Crippen LogP contribution in [0.15, 0.2) is 0 Å². The van der Waals surface area contributed by atoms with Crippen molar-refractivity contribution in [1.29, 1.82) is 0 Å². The monoisotopic (exact) mass is 558 g/mol. The first-order valence-electron chi connectivity index (χ1n) is 6.06. The molecule has 0 aliphatic heterocycles. The van der Waals surface area contributed by atoms with E-state index in [1.807, 2.05) is 0 Å². The minimum atomic E-state index is -7.14. The maximum Gasteiger partial charge on any atom is 1.00 e. The minimum absolute atomic E-state index is 0. The summed E-state index contributed by atoms with van der Waals surface area (Å²) >= 11 is 0.